The van der Waals surface area contributed by atoms with Gasteiger partial charge in [-0.2, -0.15) is 0 Å². The molecule has 0 aliphatic heterocycles. The summed E-state index contributed by atoms with van der Waals surface area (Å²) in [4.78, 5) is 10.3. The Morgan fingerprint density at radius 2 is 1.83 bits per heavy atom. The van der Waals surface area contributed by atoms with Crippen LogP contribution >= 0.6 is 11.6 Å². The third-order valence-corrected chi connectivity index (χ3v) is 3.09. The Kier molecular flexibility index (Phi) is 3.30. The van der Waals surface area contributed by atoms with E-state index in [1.54, 1.807) is 19.1 Å². The molecule has 0 amide bonds. The van der Waals surface area contributed by atoms with Gasteiger partial charge in [-0.3, -0.25) is 10.1 Å². The molecule has 0 aromatic heterocycles. The fourth-order valence-corrected chi connectivity index (χ4v) is 1.91. The van der Waals surface area contributed by atoms with Crippen LogP contribution in [0, 0.1) is 22.9 Å². The van der Waals surface area contributed by atoms with E-state index in [1.807, 2.05) is 0 Å². The maximum absolute atomic E-state index is 12.9. The Morgan fingerprint density at radius 1 is 1.22 bits per heavy atom. The van der Waals surface area contributed by atoms with Crippen LogP contribution in [0.1, 0.15) is 5.56 Å². The number of nitrogens with zero attached hydrogens (tertiary/aromatic N) is 1. The highest BCUT2D eigenvalue weighted by atomic mass is 35.5. The van der Waals surface area contributed by atoms with Crippen molar-refractivity contribution in [1.29, 1.82) is 0 Å². The molecule has 2 rings (SSSR count). The summed E-state index contributed by atoms with van der Waals surface area (Å²) in [7, 11) is 0. The molecule has 0 bridgehead atoms. The van der Waals surface area contributed by atoms with Crippen LogP contribution in [0.4, 0.5) is 10.1 Å². The first-order chi connectivity index (χ1) is 8.49. The largest absolute Gasteiger partial charge is 0.271 e. The molecule has 0 saturated carbocycles. The fraction of sp³-hybridized carbons (Fsp3) is 0.0769. The molecule has 0 saturated heterocycles. The standard InChI is InChI=1S/C13H9ClFNO2/c1-8-12(9-2-4-10(15)5-3-9)6-11(16(17)18)7-13(8)14/h2-7H,1H3. The zero-order valence-electron chi connectivity index (χ0n) is 9.48. The van der Waals surface area contributed by atoms with Crippen LogP contribution < -0.4 is 0 Å². The number of benzene rings is 2. The maximum Gasteiger partial charge on any atom is 0.271 e. The highest BCUT2D eigenvalue weighted by Gasteiger charge is 2.14. The highest BCUT2D eigenvalue weighted by Crippen LogP contribution is 2.33. The van der Waals surface area contributed by atoms with E-state index >= 15 is 0 Å². The predicted molar refractivity (Wildman–Crippen MR) is 68.2 cm³/mol. The third-order valence-electron chi connectivity index (χ3n) is 2.70. The van der Waals surface area contributed by atoms with Crippen LogP contribution in [0.25, 0.3) is 11.1 Å². The number of halogens is 2. The van der Waals surface area contributed by atoms with E-state index in [-0.39, 0.29) is 11.5 Å². The molecule has 0 atom stereocenters. The zero-order chi connectivity index (χ0) is 13.3. The van der Waals surface area contributed by atoms with Crippen molar-refractivity contribution < 1.29 is 9.31 Å². The molecule has 5 heteroatoms. The van der Waals surface area contributed by atoms with Crippen LogP contribution in [0.5, 0.6) is 0 Å². The van der Waals surface area contributed by atoms with Crippen molar-refractivity contribution in [2.75, 3.05) is 0 Å². The van der Waals surface area contributed by atoms with Gasteiger partial charge in [0.1, 0.15) is 5.82 Å². The van der Waals surface area contributed by atoms with Gasteiger partial charge in [0, 0.05) is 12.1 Å². The van der Waals surface area contributed by atoms with Gasteiger partial charge in [-0.1, -0.05) is 23.7 Å². The summed E-state index contributed by atoms with van der Waals surface area (Å²) in [6.45, 7) is 1.77. The van der Waals surface area contributed by atoms with Crippen molar-refractivity contribution in [3.8, 4) is 11.1 Å². The minimum atomic E-state index is -0.502. The van der Waals surface area contributed by atoms with Crippen LogP contribution in [-0.2, 0) is 0 Å². The second kappa shape index (κ2) is 4.74. The van der Waals surface area contributed by atoms with Gasteiger partial charge in [0.25, 0.3) is 5.69 Å². The third kappa shape index (κ3) is 2.33. The average molecular weight is 266 g/mol. The quantitative estimate of drug-likeness (QED) is 0.598. The Hall–Kier alpha value is -1.94. The number of hydrogen-bond donors (Lipinski definition) is 0. The first-order valence-corrected chi connectivity index (χ1v) is 5.57. The van der Waals surface area contributed by atoms with Crippen LogP contribution in [-0.4, -0.2) is 4.92 Å². The van der Waals surface area contributed by atoms with E-state index in [0.717, 1.165) is 5.56 Å². The molecule has 0 aliphatic rings. The van der Waals surface area contributed by atoms with Crippen molar-refractivity contribution in [3.63, 3.8) is 0 Å². The van der Waals surface area contributed by atoms with E-state index in [4.69, 9.17) is 11.6 Å². The fourth-order valence-electron chi connectivity index (χ4n) is 1.70. The Morgan fingerprint density at radius 3 is 2.39 bits per heavy atom. The summed E-state index contributed by atoms with van der Waals surface area (Å²) in [5, 5.41) is 11.1. The molecule has 0 fully saturated rings. The molecule has 3 nitrogen and oxygen atoms in total. The zero-order valence-corrected chi connectivity index (χ0v) is 10.2. The van der Waals surface area contributed by atoms with Crippen LogP contribution in [0.2, 0.25) is 5.02 Å². The molecule has 0 N–H and O–H groups in total. The molecule has 0 spiro atoms. The second-order valence-electron chi connectivity index (χ2n) is 3.86. The molecule has 0 unspecified atom stereocenters. The number of non-ortho nitro benzene ring substituents is 1. The molecule has 0 radical (unpaired) electrons. The minimum absolute atomic E-state index is 0.0788. The summed E-state index contributed by atoms with van der Waals surface area (Å²) in [6, 6.07) is 8.50. The van der Waals surface area contributed by atoms with Gasteiger partial charge in [0.2, 0.25) is 0 Å². The van der Waals surface area contributed by atoms with Crippen molar-refractivity contribution in [2.45, 2.75) is 6.92 Å². The van der Waals surface area contributed by atoms with Crippen molar-refractivity contribution in [3.05, 3.63) is 62.9 Å². The van der Waals surface area contributed by atoms with Gasteiger partial charge in [0.15, 0.2) is 0 Å². The highest BCUT2D eigenvalue weighted by molar-refractivity contribution is 6.32. The van der Waals surface area contributed by atoms with E-state index in [2.05, 4.69) is 0 Å². The molecule has 0 heterocycles. The van der Waals surface area contributed by atoms with E-state index in [1.165, 1.54) is 24.3 Å². The number of nitro benzene ring substituents is 1. The lowest BCUT2D eigenvalue weighted by Crippen LogP contribution is -1.92. The lowest BCUT2D eigenvalue weighted by atomic mass is 10.00. The maximum atomic E-state index is 12.9. The van der Waals surface area contributed by atoms with E-state index in [0.29, 0.717) is 16.1 Å². The van der Waals surface area contributed by atoms with Gasteiger partial charge < -0.3 is 0 Å². The Bertz CT molecular complexity index is 611. The summed E-state index contributed by atoms with van der Waals surface area (Å²) in [5.41, 5.74) is 1.98. The lowest BCUT2D eigenvalue weighted by molar-refractivity contribution is -0.384. The van der Waals surface area contributed by atoms with Gasteiger partial charge in [-0.05, 0) is 35.7 Å². The van der Waals surface area contributed by atoms with Gasteiger partial charge in [-0.15, -0.1) is 0 Å². The summed E-state index contributed by atoms with van der Waals surface area (Å²) in [5.74, 6) is -0.354. The number of nitro groups is 1. The summed E-state index contributed by atoms with van der Waals surface area (Å²) in [6.07, 6.45) is 0. The molecule has 2 aromatic rings. The topological polar surface area (TPSA) is 43.1 Å². The minimum Gasteiger partial charge on any atom is -0.258 e. The smallest absolute Gasteiger partial charge is 0.258 e. The monoisotopic (exact) mass is 265 g/mol. The molecule has 0 aliphatic carbocycles. The lowest BCUT2D eigenvalue weighted by Gasteiger charge is -2.08. The van der Waals surface area contributed by atoms with Crippen LogP contribution in [0.3, 0.4) is 0 Å². The number of hydrogen-bond acceptors (Lipinski definition) is 2. The van der Waals surface area contributed by atoms with E-state index in [9.17, 15) is 14.5 Å². The first kappa shape index (κ1) is 12.5. The Balaban J connectivity index is 2.62. The first-order valence-electron chi connectivity index (χ1n) is 5.19. The Labute approximate surface area is 108 Å². The average Bonchev–Trinajstić information content (AvgIpc) is 2.33. The van der Waals surface area contributed by atoms with Crippen molar-refractivity contribution >= 4 is 17.3 Å². The molecule has 2 aromatic carbocycles. The number of rotatable bonds is 2. The van der Waals surface area contributed by atoms with Crippen LogP contribution in [0.15, 0.2) is 36.4 Å². The van der Waals surface area contributed by atoms with Crippen molar-refractivity contribution in [1.82, 2.24) is 0 Å². The van der Waals surface area contributed by atoms with Crippen molar-refractivity contribution in [2.24, 2.45) is 0 Å². The molecule has 18 heavy (non-hydrogen) atoms. The normalized spacial score (nSPS) is 10.4. The van der Waals surface area contributed by atoms with Gasteiger partial charge in [-0.25, -0.2) is 4.39 Å². The summed E-state index contributed by atoms with van der Waals surface area (Å²) >= 11 is 5.97. The molecular weight excluding hydrogens is 257 g/mol. The van der Waals surface area contributed by atoms with Gasteiger partial charge >= 0.3 is 0 Å². The van der Waals surface area contributed by atoms with E-state index < -0.39 is 4.92 Å². The summed E-state index contributed by atoms with van der Waals surface area (Å²) < 4.78 is 12.9. The molecular formula is C13H9ClFNO2. The SMILES string of the molecule is Cc1c(Cl)cc([N+](=O)[O-])cc1-c1ccc(F)cc1. The predicted octanol–water partition coefficient (Wildman–Crippen LogP) is 4.36. The second-order valence-corrected chi connectivity index (χ2v) is 4.27. The van der Waals surface area contributed by atoms with Gasteiger partial charge in [0.05, 0.1) is 9.95 Å². The molecule has 92 valence electrons.